The molecule has 0 fully saturated rings. The van der Waals surface area contributed by atoms with Gasteiger partial charge in [-0.2, -0.15) is 0 Å². The number of phenolic OH excluding ortho intramolecular Hbond substituents is 1. The van der Waals surface area contributed by atoms with Crippen molar-refractivity contribution in [2.45, 2.75) is 19.9 Å². The molecule has 1 unspecified atom stereocenters. The van der Waals surface area contributed by atoms with E-state index in [1.54, 1.807) is 6.07 Å². The Hall–Kier alpha value is -1.38. The molecule has 1 aromatic rings. The topological polar surface area (TPSA) is 35.5 Å². The van der Waals surface area contributed by atoms with Crippen molar-refractivity contribution in [1.29, 1.82) is 0 Å². The van der Waals surface area contributed by atoms with Crippen LogP contribution in [0, 0.1) is 0 Å². The highest BCUT2D eigenvalue weighted by Gasteiger charge is 2.22. The molecular formula is C11H16N2O. The molecule has 0 spiro atoms. The van der Waals surface area contributed by atoms with Crippen LogP contribution in [-0.4, -0.2) is 24.2 Å². The lowest BCUT2D eigenvalue weighted by atomic mass is 10.1. The van der Waals surface area contributed by atoms with E-state index in [4.69, 9.17) is 0 Å². The third-order valence-electron chi connectivity index (χ3n) is 2.61. The number of fused-ring (bicyclic) bond motifs is 1. The summed E-state index contributed by atoms with van der Waals surface area (Å²) in [6, 6.07) is 6.05. The molecule has 76 valence electrons. The third kappa shape index (κ3) is 1.39. The largest absolute Gasteiger partial charge is 0.506 e. The van der Waals surface area contributed by atoms with Crippen molar-refractivity contribution in [3.05, 3.63) is 18.2 Å². The maximum atomic E-state index is 9.76. The fraction of sp³-hybridized carbons (Fsp3) is 0.455. The smallest absolute Gasteiger partial charge is 0.141 e. The molecule has 1 aliphatic heterocycles. The normalized spacial score (nSPS) is 20.1. The average Bonchev–Trinajstić information content (AvgIpc) is 2.16. The lowest BCUT2D eigenvalue weighted by Crippen LogP contribution is -2.39. The third-order valence-corrected chi connectivity index (χ3v) is 2.61. The first-order chi connectivity index (χ1) is 6.72. The second-order valence-corrected chi connectivity index (χ2v) is 3.76. The van der Waals surface area contributed by atoms with Gasteiger partial charge in [-0.05, 0) is 26.0 Å². The van der Waals surface area contributed by atoms with Gasteiger partial charge < -0.3 is 15.3 Å². The Balaban J connectivity index is 2.46. The van der Waals surface area contributed by atoms with Gasteiger partial charge in [0.15, 0.2) is 0 Å². The Bertz CT molecular complexity index is 338. The van der Waals surface area contributed by atoms with E-state index in [9.17, 15) is 5.11 Å². The van der Waals surface area contributed by atoms with Crippen molar-refractivity contribution in [1.82, 2.24) is 0 Å². The van der Waals surface area contributed by atoms with Crippen LogP contribution in [0.4, 0.5) is 11.4 Å². The van der Waals surface area contributed by atoms with Crippen molar-refractivity contribution in [2.24, 2.45) is 0 Å². The van der Waals surface area contributed by atoms with E-state index in [1.165, 1.54) is 0 Å². The van der Waals surface area contributed by atoms with Crippen LogP contribution >= 0.6 is 0 Å². The lowest BCUT2D eigenvalue weighted by Gasteiger charge is -2.35. The van der Waals surface area contributed by atoms with Crippen molar-refractivity contribution in [2.75, 3.05) is 23.3 Å². The van der Waals surface area contributed by atoms with Gasteiger partial charge in [-0.15, -0.1) is 0 Å². The molecular weight excluding hydrogens is 176 g/mol. The molecule has 1 heterocycles. The van der Waals surface area contributed by atoms with Gasteiger partial charge in [-0.3, -0.25) is 0 Å². The summed E-state index contributed by atoms with van der Waals surface area (Å²) in [6.07, 6.45) is 0. The van der Waals surface area contributed by atoms with Crippen molar-refractivity contribution >= 4 is 11.4 Å². The molecule has 1 aromatic carbocycles. The van der Waals surface area contributed by atoms with E-state index in [2.05, 4.69) is 24.1 Å². The van der Waals surface area contributed by atoms with Crippen LogP contribution < -0.4 is 10.2 Å². The number of anilines is 2. The molecule has 14 heavy (non-hydrogen) atoms. The fourth-order valence-corrected chi connectivity index (χ4v) is 2.00. The molecule has 0 bridgehead atoms. The van der Waals surface area contributed by atoms with Gasteiger partial charge in [0.05, 0.1) is 5.69 Å². The summed E-state index contributed by atoms with van der Waals surface area (Å²) >= 11 is 0. The standard InChI is InChI=1S/C11H16N2O/c1-3-13-7-8(2)12-9-5-4-6-10(14)11(9)13/h4-6,8,12,14H,3,7H2,1-2H3. The summed E-state index contributed by atoms with van der Waals surface area (Å²) in [7, 11) is 0. The molecule has 1 aliphatic rings. The van der Waals surface area contributed by atoms with Gasteiger partial charge in [0.25, 0.3) is 0 Å². The Kier molecular flexibility index (Phi) is 2.23. The zero-order chi connectivity index (χ0) is 10.1. The first-order valence-electron chi connectivity index (χ1n) is 5.06. The van der Waals surface area contributed by atoms with Crippen LogP contribution in [0.15, 0.2) is 18.2 Å². The first kappa shape index (κ1) is 9.19. The number of benzene rings is 1. The van der Waals surface area contributed by atoms with Crippen LogP contribution in [-0.2, 0) is 0 Å². The number of phenols is 1. The number of hydrogen-bond acceptors (Lipinski definition) is 3. The van der Waals surface area contributed by atoms with Crippen molar-refractivity contribution in [3.8, 4) is 5.75 Å². The molecule has 3 heteroatoms. The maximum absolute atomic E-state index is 9.76. The summed E-state index contributed by atoms with van der Waals surface area (Å²) in [4.78, 5) is 2.20. The molecule has 0 aromatic heterocycles. The zero-order valence-corrected chi connectivity index (χ0v) is 8.62. The number of nitrogens with one attached hydrogen (secondary N) is 1. The highest BCUT2D eigenvalue weighted by atomic mass is 16.3. The minimum absolute atomic E-state index is 0.365. The average molecular weight is 192 g/mol. The van der Waals surface area contributed by atoms with Crippen molar-refractivity contribution in [3.63, 3.8) is 0 Å². The van der Waals surface area contributed by atoms with E-state index in [0.717, 1.165) is 24.5 Å². The molecule has 0 saturated carbocycles. The van der Waals surface area contributed by atoms with Gasteiger partial charge in [0.2, 0.25) is 0 Å². The molecule has 2 N–H and O–H groups in total. The quantitative estimate of drug-likeness (QED) is 0.714. The molecule has 2 rings (SSSR count). The highest BCUT2D eigenvalue weighted by Crippen LogP contribution is 2.38. The van der Waals surface area contributed by atoms with Gasteiger partial charge >= 0.3 is 0 Å². The van der Waals surface area contributed by atoms with Crippen LogP contribution in [0.1, 0.15) is 13.8 Å². The van der Waals surface area contributed by atoms with Gasteiger partial charge in [-0.25, -0.2) is 0 Å². The van der Waals surface area contributed by atoms with E-state index in [-0.39, 0.29) is 0 Å². The minimum Gasteiger partial charge on any atom is -0.506 e. The van der Waals surface area contributed by atoms with Crippen LogP contribution in [0.5, 0.6) is 5.75 Å². The predicted octanol–water partition coefficient (Wildman–Crippen LogP) is 2.03. The van der Waals surface area contributed by atoms with E-state index in [0.29, 0.717) is 11.8 Å². The molecule has 0 radical (unpaired) electrons. The SMILES string of the molecule is CCN1CC(C)Nc2cccc(O)c21. The monoisotopic (exact) mass is 192 g/mol. The van der Waals surface area contributed by atoms with E-state index >= 15 is 0 Å². The first-order valence-corrected chi connectivity index (χ1v) is 5.06. The van der Waals surface area contributed by atoms with Gasteiger partial charge in [0, 0.05) is 19.1 Å². The van der Waals surface area contributed by atoms with Crippen LogP contribution in [0.25, 0.3) is 0 Å². The maximum Gasteiger partial charge on any atom is 0.141 e. The Morgan fingerprint density at radius 3 is 3.07 bits per heavy atom. The fourth-order valence-electron chi connectivity index (χ4n) is 2.00. The number of para-hydroxylation sites is 1. The zero-order valence-electron chi connectivity index (χ0n) is 8.62. The Labute approximate surface area is 84.4 Å². The predicted molar refractivity (Wildman–Crippen MR) is 59.1 cm³/mol. The van der Waals surface area contributed by atoms with Gasteiger partial charge in [-0.1, -0.05) is 6.07 Å². The summed E-state index contributed by atoms with van der Waals surface area (Å²) in [5.41, 5.74) is 1.97. The van der Waals surface area contributed by atoms with E-state index < -0.39 is 0 Å². The number of likely N-dealkylation sites (N-methyl/N-ethyl adjacent to an activating group) is 1. The van der Waals surface area contributed by atoms with Crippen LogP contribution in [0.2, 0.25) is 0 Å². The molecule has 3 nitrogen and oxygen atoms in total. The highest BCUT2D eigenvalue weighted by molar-refractivity contribution is 5.78. The Morgan fingerprint density at radius 2 is 2.36 bits per heavy atom. The molecule has 0 saturated heterocycles. The second-order valence-electron chi connectivity index (χ2n) is 3.76. The number of hydrogen-bond donors (Lipinski definition) is 2. The summed E-state index contributed by atoms with van der Waals surface area (Å²) in [5.74, 6) is 0.365. The number of rotatable bonds is 1. The van der Waals surface area contributed by atoms with E-state index in [1.807, 2.05) is 12.1 Å². The second kappa shape index (κ2) is 3.40. The van der Waals surface area contributed by atoms with Crippen molar-refractivity contribution < 1.29 is 5.11 Å². The molecule has 1 atom stereocenters. The lowest BCUT2D eigenvalue weighted by molar-refractivity contribution is 0.472. The summed E-state index contributed by atoms with van der Waals surface area (Å²) in [6.45, 7) is 6.13. The number of nitrogens with zero attached hydrogens (tertiary/aromatic N) is 1. The van der Waals surface area contributed by atoms with Gasteiger partial charge in [0.1, 0.15) is 11.4 Å². The Morgan fingerprint density at radius 1 is 1.57 bits per heavy atom. The molecule has 0 aliphatic carbocycles. The summed E-state index contributed by atoms with van der Waals surface area (Å²) < 4.78 is 0. The molecule has 0 amide bonds. The summed E-state index contributed by atoms with van der Waals surface area (Å²) in [5, 5.41) is 13.1. The number of aromatic hydroxyl groups is 1. The van der Waals surface area contributed by atoms with Crippen LogP contribution in [0.3, 0.4) is 0 Å². The minimum atomic E-state index is 0.365.